The number of thiocarbonyl (C=S) groups is 1. The van der Waals surface area contributed by atoms with Gasteiger partial charge >= 0.3 is 0 Å². The predicted molar refractivity (Wildman–Crippen MR) is 69.6 cm³/mol. The number of carbonyl (C=O) groups excluding carboxylic acids is 1. The van der Waals surface area contributed by atoms with Gasteiger partial charge < -0.3 is 15.8 Å². The summed E-state index contributed by atoms with van der Waals surface area (Å²) in [5, 5.41) is 3.12. The minimum absolute atomic E-state index is 0.108. The average Bonchev–Trinajstić information content (AvgIpc) is 2.78. The predicted octanol–water partition coefficient (Wildman–Crippen LogP) is 0.984. The second-order valence-electron chi connectivity index (χ2n) is 4.94. The molecule has 1 heterocycles. The number of hydrogen-bond acceptors (Lipinski definition) is 3. The number of rotatable bonds is 3. The van der Waals surface area contributed by atoms with Crippen LogP contribution in [0.25, 0.3) is 0 Å². The van der Waals surface area contributed by atoms with Crippen LogP contribution in [0.15, 0.2) is 0 Å². The van der Waals surface area contributed by atoms with Crippen molar-refractivity contribution >= 4 is 23.1 Å². The highest BCUT2D eigenvalue weighted by atomic mass is 32.1. The molecule has 1 aliphatic carbocycles. The van der Waals surface area contributed by atoms with E-state index in [0.717, 1.165) is 32.1 Å². The summed E-state index contributed by atoms with van der Waals surface area (Å²) >= 11 is 5.05. The Hall–Kier alpha value is -0.680. The molecule has 0 spiro atoms. The molecule has 2 unspecified atom stereocenters. The Balaban J connectivity index is 1.86. The molecule has 2 fully saturated rings. The van der Waals surface area contributed by atoms with Gasteiger partial charge in [-0.1, -0.05) is 18.6 Å². The zero-order valence-corrected chi connectivity index (χ0v) is 10.8. The normalized spacial score (nSPS) is 30.1. The summed E-state index contributed by atoms with van der Waals surface area (Å²) in [6.07, 6.45) is 4.76. The Morgan fingerprint density at radius 1 is 1.24 bits per heavy atom. The first kappa shape index (κ1) is 12.8. The van der Waals surface area contributed by atoms with Gasteiger partial charge in [-0.25, -0.2) is 0 Å². The van der Waals surface area contributed by atoms with Crippen molar-refractivity contribution < 1.29 is 9.53 Å². The van der Waals surface area contributed by atoms with Crippen LogP contribution in [-0.2, 0) is 9.53 Å². The Bertz CT molecular complexity index is 303. The van der Waals surface area contributed by atoms with Crippen LogP contribution in [0.5, 0.6) is 0 Å². The van der Waals surface area contributed by atoms with E-state index in [2.05, 4.69) is 5.32 Å². The third kappa shape index (κ3) is 3.16. The maximum absolute atomic E-state index is 12.1. The molecule has 2 atom stereocenters. The van der Waals surface area contributed by atoms with E-state index >= 15 is 0 Å². The molecule has 5 heteroatoms. The number of ether oxygens (including phenoxy) is 1. The molecule has 1 saturated heterocycles. The Kier molecular flexibility index (Phi) is 4.34. The van der Waals surface area contributed by atoms with E-state index in [4.69, 9.17) is 22.7 Å². The van der Waals surface area contributed by atoms with E-state index in [-0.39, 0.29) is 23.8 Å². The van der Waals surface area contributed by atoms with Gasteiger partial charge in [0.2, 0.25) is 5.91 Å². The van der Waals surface area contributed by atoms with E-state index in [9.17, 15) is 4.79 Å². The molecule has 0 bridgehead atoms. The summed E-state index contributed by atoms with van der Waals surface area (Å²) in [5.74, 6) is 0.451. The van der Waals surface area contributed by atoms with Crippen molar-refractivity contribution in [3.8, 4) is 0 Å². The van der Waals surface area contributed by atoms with Gasteiger partial charge in [-0.3, -0.25) is 4.79 Å². The molecule has 1 saturated carbocycles. The highest BCUT2D eigenvalue weighted by molar-refractivity contribution is 7.80. The van der Waals surface area contributed by atoms with E-state index in [0.29, 0.717) is 18.2 Å². The average molecular weight is 256 g/mol. The summed E-state index contributed by atoms with van der Waals surface area (Å²) in [4.78, 5) is 12.6. The number of hydrogen-bond donors (Lipinski definition) is 2. The van der Waals surface area contributed by atoms with Crippen LogP contribution in [-0.4, -0.2) is 30.2 Å². The van der Waals surface area contributed by atoms with Crippen LogP contribution >= 0.6 is 12.2 Å². The lowest BCUT2D eigenvalue weighted by atomic mass is 9.97. The fourth-order valence-electron chi connectivity index (χ4n) is 2.73. The molecule has 1 amide bonds. The molecule has 0 radical (unpaired) electrons. The number of carbonyl (C=O) groups is 1. The lowest BCUT2D eigenvalue weighted by Gasteiger charge is -2.25. The first-order valence-corrected chi connectivity index (χ1v) is 6.76. The van der Waals surface area contributed by atoms with E-state index in [1.165, 1.54) is 0 Å². The van der Waals surface area contributed by atoms with Gasteiger partial charge in [-0.2, -0.15) is 0 Å². The van der Waals surface area contributed by atoms with E-state index in [1.807, 2.05) is 0 Å². The molecular formula is C12H20N2O2S. The molecular weight excluding hydrogens is 236 g/mol. The second kappa shape index (κ2) is 5.78. The smallest absolute Gasteiger partial charge is 0.223 e. The third-order valence-corrected chi connectivity index (χ3v) is 4.10. The topological polar surface area (TPSA) is 64.3 Å². The van der Waals surface area contributed by atoms with Gasteiger partial charge in [-0.15, -0.1) is 0 Å². The molecule has 1 aliphatic heterocycles. The molecule has 2 aliphatic rings. The molecule has 2 rings (SSSR count). The van der Waals surface area contributed by atoms with Crippen LogP contribution in [0.1, 0.15) is 32.1 Å². The van der Waals surface area contributed by atoms with Crippen LogP contribution in [0.2, 0.25) is 0 Å². The minimum atomic E-state index is 0.108. The maximum Gasteiger partial charge on any atom is 0.223 e. The first-order valence-electron chi connectivity index (χ1n) is 6.36. The van der Waals surface area contributed by atoms with Crippen molar-refractivity contribution in [1.29, 1.82) is 0 Å². The molecule has 17 heavy (non-hydrogen) atoms. The number of amides is 1. The Morgan fingerprint density at radius 3 is 2.59 bits per heavy atom. The number of nitrogens with two attached hydrogens (primary N) is 1. The zero-order chi connectivity index (χ0) is 12.3. The van der Waals surface area contributed by atoms with Crippen LogP contribution < -0.4 is 11.1 Å². The van der Waals surface area contributed by atoms with Gasteiger partial charge in [-0.05, 0) is 25.7 Å². The lowest BCUT2D eigenvalue weighted by molar-refractivity contribution is -0.128. The fourth-order valence-corrected chi connectivity index (χ4v) is 3.02. The van der Waals surface area contributed by atoms with Crippen molar-refractivity contribution in [3.63, 3.8) is 0 Å². The van der Waals surface area contributed by atoms with Gasteiger partial charge in [0.05, 0.1) is 4.99 Å². The van der Waals surface area contributed by atoms with Crippen LogP contribution in [0.4, 0.5) is 0 Å². The molecule has 0 aromatic carbocycles. The second-order valence-corrected chi connectivity index (χ2v) is 5.41. The maximum atomic E-state index is 12.1. The lowest BCUT2D eigenvalue weighted by Crippen LogP contribution is -2.45. The summed E-state index contributed by atoms with van der Waals surface area (Å²) < 4.78 is 5.26. The van der Waals surface area contributed by atoms with Gasteiger partial charge in [0.25, 0.3) is 0 Å². The van der Waals surface area contributed by atoms with Crippen molar-refractivity contribution in [1.82, 2.24) is 5.32 Å². The molecule has 0 aromatic rings. The largest absolute Gasteiger partial charge is 0.393 e. The van der Waals surface area contributed by atoms with Gasteiger partial charge in [0.1, 0.15) is 0 Å². The van der Waals surface area contributed by atoms with Crippen molar-refractivity contribution in [2.24, 2.45) is 17.6 Å². The standard InChI is InChI=1S/C12H20N2O2S/c13-11(17)9-2-1-3-10(9)14-12(15)8-4-6-16-7-5-8/h8-10H,1-7H2,(H2,13,17)(H,14,15). The van der Waals surface area contributed by atoms with Crippen LogP contribution in [0.3, 0.4) is 0 Å². The molecule has 96 valence electrons. The molecule has 0 aromatic heterocycles. The first-order chi connectivity index (χ1) is 8.18. The Labute approximate surface area is 107 Å². The van der Waals surface area contributed by atoms with E-state index in [1.54, 1.807) is 0 Å². The summed E-state index contributed by atoms with van der Waals surface area (Å²) in [7, 11) is 0. The minimum Gasteiger partial charge on any atom is -0.393 e. The van der Waals surface area contributed by atoms with Crippen LogP contribution in [0, 0.1) is 11.8 Å². The third-order valence-electron chi connectivity index (χ3n) is 3.80. The van der Waals surface area contributed by atoms with E-state index < -0.39 is 0 Å². The summed E-state index contributed by atoms with van der Waals surface area (Å²) in [6, 6.07) is 0.155. The van der Waals surface area contributed by atoms with Gasteiger partial charge in [0, 0.05) is 31.1 Å². The summed E-state index contributed by atoms with van der Waals surface area (Å²) in [6.45, 7) is 1.39. The van der Waals surface area contributed by atoms with Gasteiger partial charge in [0.15, 0.2) is 0 Å². The highest BCUT2D eigenvalue weighted by Crippen LogP contribution is 2.26. The Morgan fingerprint density at radius 2 is 1.94 bits per heavy atom. The highest BCUT2D eigenvalue weighted by Gasteiger charge is 2.32. The molecule has 4 nitrogen and oxygen atoms in total. The monoisotopic (exact) mass is 256 g/mol. The fraction of sp³-hybridized carbons (Fsp3) is 0.833. The summed E-state index contributed by atoms with van der Waals surface area (Å²) in [5.41, 5.74) is 5.70. The van der Waals surface area contributed by atoms with Crippen molar-refractivity contribution in [2.75, 3.05) is 13.2 Å². The SMILES string of the molecule is NC(=S)C1CCCC1NC(=O)C1CCOCC1. The van der Waals surface area contributed by atoms with Crippen molar-refractivity contribution in [2.45, 2.75) is 38.1 Å². The van der Waals surface area contributed by atoms with Crippen molar-refractivity contribution in [3.05, 3.63) is 0 Å². The quantitative estimate of drug-likeness (QED) is 0.739. The molecule has 3 N–H and O–H groups in total. The zero-order valence-electron chi connectivity index (χ0n) is 9.98. The number of nitrogens with one attached hydrogen (secondary N) is 1.